The van der Waals surface area contributed by atoms with E-state index in [4.69, 9.17) is 8.15 Å². The molecule has 35 heavy (non-hydrogen) atoms. The van der Waals surface area contributed by atoms with Gasteiger partial charge in [0.05, 0.1) is 0 Å². The predicted molar refractivity (Wildman–Crippen MR) is 142 cm³/mol. The second kappa shape index (κ2) is 9.34. The zero-order chi connectivity index (χ0) is 24.4. The fourth-order valence-corrected chi connectivity index (χ4v) is 12.8. The zero-order valence-electron chi connectivity index (χ0n) is 19.5. The molecule has 3 aromatic rings. The third-order valence-corrected chi connectivity index (χ3v) is 13.9. The molecule has 182 valence electrons. The number of hydrogen-bond acceptors (Lipinski definition) is 6. The van der Waals surface area contributed by atoms with Crippen LogP contribution in [0.1, 0.15) is 6.92 Å². The van der Waals surface area contributed by atoms with E-state index in [2.05, 4.69) is 5.43 Å². The van der Waals surface area contributed by atoms with E-state index in [1.807, 2.05) is 127 Å². The third-order valence-electron chi connectivity index (χ3n) is 6.64. The zero-order valence-corrected chi connectivity index (χ0v) is 21.2. The number of nitrogens with one attached hydrogen (secondary N) is 1. The Labute approximate surface area is 207 Å². The van der Waals surface area contributed by atoms with Crippen LogP contribution in [0.2, 0.25) is 0 Å². The van der Waals surface area contributed by atoms with Crippen molar-refractivity contribution in [3.8, 4) is 0 Å². The maximum absolute atomic E-state index is 13.9. The Bertz CT molecular complexity index is 1230. The number of fused-ring (bicyclic) bond motifs is 2. The van der Waals surface area contributed by atoms with Crippen LogP contribution in [0.15, 0.2) is 115 Å². The summed E-state index contributed by atoms with van der Waals surface area (Å²) in [5.41, 5.74) is 3.11. The number of hydrazine groups is 1. The van der Waals surface area contributed by atoms with E-state index in [9.17, 15) is 8.42 Å². The Balaban J connectivity index is 1.74. The molecule has 3 unspecified atom stereocenters. The van der Waals surface area contributed by atoms with Gasteiger partial charge in [-0.25, -0.2) is 0 Å². The Morgan fingerprint density at radius 3 is 1.83 bits per heavy atom. The molecule has 6 nitrogen and oxygen atoms in total. The molecule has 3 aromatic carbocycles. The Morgan fingerprint density at radius 1 is 0.857 bits per heavy atom. The molecule has 8 heteroatoms. The van der Waals surface area contributed by atoms with Gasteiger partial charge < -0.3 is 0 Å². The first-order valence-electron chi connectivity index (χ1n) is 11.6. The molecule has 0 spiro atoms. The molecule has 1 fully saturated rings. The number of hydrogen-bond donors (Lipinski definition) is 1. The van der Waals surface area contributed by atoms with Gasteiger partial charge in [-0.05, 0) is 0 Å². The van der Waals surface area contributed by atoms with Crippen LogP contribution in [-0.4, -0.2) is 32.6 Å². The van der Waals surface area contributed by atoms with Crippen molar-refractivity contribution in [3.05, 3.63) is 115 Å². The minimum absolute atomic E-state index is 0.0347. The molecule has 2 heterocycles. The molecule has 2 aliphatic rings. The fraction of sp³-hybridized carbons (Fsp3) is 0.185. The quantitative estimate of drug-likeness (QED) is 0.470. The van der Waals surface area contributed by atoms with Crippen LogP contribution in [0, 0.1) is 5.92 Å². The van der Waals surface area contributed by atoms with E-state index in [1.165, 1.54) is 0 Å². The van der Waals surface area contributed by atoms with Crippen molar-refractivity contribution in [2.45, 2.75) is 13.0 Å². The first kappa shape index (κ1) is 23.9. The van der Waals surface area contributed by atoms with Gasteiger partial charge in [0.15, 0.2) is 0 Å². The van der Waals surface area contributed by atoms with Gasteiger partial charge in [-0.1, -0.05) is 0 Å². The molecule has 0 saturated carbocycles. The van der Waals surface area contributed by atoms with E-state index in [1.54, 1.807) is 0 Å². The van der Waals surface area contributed by atoms with Crippen LogP contribution in [-0.2, 0) is 18.6 Å². The standard InChI is InChI=1S/C27H29N2O4PS/c1-2-20-34(24-12-6-3-7-13-24,25-14-8-4-9-15-25,26-16-10-5-11-17-26)33-35(30,31)32-27-22-29-21-23(27)18-19-28-29/h2-20,23,27-28H,21-22H2,1H3/b20-2+. The van der Waals surface area contributed by atoms with Gasteiger partial charge in [0.2, 0.25) is 0 Å². The molecule has 0 radical (unpaired) electrons. The summed E-state index contributed by atoms with van der Waals surface area (Å²) >= 11 is 0. The normalized spacial score (nSPS) is 23.0. The van der Waals surface area contributed by atoms with Crippen LogP contribution in [0.4, 0.5) is 0 Å². The van der Waals surface area contributed by atoms with E-state index in [0.717, 1.165) is 15.9 Å². The van der Waals surface area contributed by atoms with Crippen molar-refractivity contribution < 1.29 is 16.6 Å². The van der Waals surface area contributed by atoms with Crippen molar-refractivity contribution in [2.75, 3.05) is 13.1 Å². The molecule has 0 amide bonds. The minimum atomic E-state index is -4.47. The SMILES string of the molecule is C/C=C/P(OS(=O)(=O)OC1CN2CC1C=CN2)(c1ccccc1)(c1ccccc1)c1ccccc1. The number of nitrogens with zero attached hydrogens (tertiary/aromatic N) is 1. The first-order valence-corrected chi connectivity index (χ1v) is 15.2. The fourth-order valence-electron chi connectivity index (χ4n) is 5.14. The Morgan fingerprint density at radius 2 is 1.37 bits per heavy atom. The number of rotatable bonds is 8. The molecule has 2 bridgehead atoms. The van der Waals surface area contributed by atoms with Gasteiger partial charge in [-0.15, -0.1) is 0 Å². The summed E-state index contributed by atoms with van der Waals surface area (Å²) in [6.07, 6.45) is 5.10. The van der Waals surface area contributed by atoms with Crippen molar-refractivity contribution >= 4 is 33.1 Å². The maximum atomic E-state index is 13.9. The predicted octanol–water partition coefficient (Wildman–Crippen LogP) is 3.58. The van der Waals surface area contributed by atoms with Crippen LogP contribution in [0.3, 0.4) is 0 Å². The average molecular weight is 509 g/mol. The molecule has 3 atom stereocenters. The molecule has 0 aromatic heterocycles. The summed E-state index contributed by atoms with van der Waals surface area (Å²) in [6, 6.07) is 28.8. The van der Waals surface area contributed by atoms with Gasteiger partial charge in [0, 0.05) is 0 Å². The summed E-state index contributed by atoms with van der Waals surface area (Å²) in [5.74, 6) is 1.90. The summed E-state index contributed by atoms with van der Waals surface area (Å²) in [7, 11) is -4.47. The van der Waals surface area contributed by atoms with Crippen LogP contribution in [0.5, 0.6) is 0 Å². The number of allylic oxidation sites excluding steroid dienone is 1. The Kier molecular flexibility index (Phi) is 6.38. The average Bonchev–Trinajstić information content (AvgIpc) is 3.16. The molecule has 1 saturated heterocycles. The summed E-state index contributed by atoms with van der Waals surface area (Å²) in [4.78, 5) is 0. The van der Waals surface area contributed by atoms with Crippen LogP contribution >= 0.6 is 6.83 Å². The van der Waals surface area contributed by atoms with E-state index in [-0.39, 0.29) is 5.92 Å². The first-order chi connectivity index (χ1) is 17.0. The molecular formula is C27H29N2O4PS. The van der Waals surface area contributed by atoms with E-state index in [0.29, 0.717) is 13.1 Å². The van der Waals surface area contributed by atoms with Gasteiger partial charge in [0.1, 0.15) is 0 Å². The van der Waals surface area contributed by atoms with E-state index < -0.39 is 23.3 Å². The van der Waals surface area contributed by atoms with Gasteiger partial charge in [0.25, 0.3) is 0 Å². The third kappa shape index (κ3) is 4.14. The number of benzene rings is 3. The topological polar surface area (TPSA) is 67.9 Å². The van der Waals surface area contributed by atoms with E-state index >= 15 is 0 Å². The molecule has 5 rings (SSSR count). The van der Waals surface area contributed by atoms with Crippen LogP contribution < -0.4 is 21.3 Å². The summed E-state index contributed by atoms with van der Waals surface area (Å²) in [6.45, 7) is -1.16. The van der Waals surface area contributed by atoms with Crippen LogP contribution in [0.25, 0.3) is 0 Å². The van der Waals surface area contributed by atoms with Gasteiger partial charge in [-0.3, -0.25) is 0 Å². The second-order valence-electron chi connectivity index (χ2n) is 8.77. The monoisotopic (exact) mass is 508 g/mol. The Hall–Kier alpha value is -2.80. The van der Waals surface area contributed by atoms with Crippen molar-refractivity contribution in [3.63, 3.8) is 0 Å². The second-order valence-corrected chi connectivity index (χ2v) is 14.4. The van der Waals surface area contributed by atoms with Crippen molar-refractivity contribution in [2.24, 2.45) is 5.92 Å². The molecule has 0 aliphatic carbocycles. The molecular weight excluding hydrogens is 479 g/mol. The van der Waals surface area contributed by atoms with Crippen molar-refractivity contribution in [1.82, 2.24) is 10.4 Å². The molecule has 2 aliphatic heterocycles. The summed E-state index contributed by atoms with van der Waals surface area (Å²) in [5, 5.41) is 4.27. The van der Waals surface area contributed by atoms with Gasteiger partial charge >= 0.3 is 207 Å². The van der Waals surface area contributed by atoms with Gasteiger partial charge in [-0.2, -0.15) is 0 Å². The van der Waals surface area contributed by atoms with Crippen molar-refractivity contribution in [1.29, 1.82) is 0 Å². The molecule has 1 N–H and O–H groups in total. The summed E-state index contributed by atoms with van der Waals surface area (Å²) < 4.78 is 40.1.